The summed E-state index contributed by atoms with van der Waals surface area (Å²) < 4.78 is 34.2. The zero-order chi connectivity index (χ0) is 18.8. The van der Waals surface area contributed by atoms with Gasteiger partial charge in [-0.25, -0.2) is 0 Å². The second-order valence-corrected chi connectivity index (χ2v) is 6.42. The summed E-state index contributed by atoms with van der Waals surface area (Å²) in [5, 5.41) is 21.4. The minimum Gasteiger partial charge on any atom is -0.497 e. The van der Waals surface area contributed by atoms with Crippen molar-refractivity contribution in [1.82, 2.24) is 0 Å². The molecule has 0 spiro atoms. The van der Waals surface area contributed by atoms with E-state index in [1.807, 2.05) is 0 Å². The Labute approximate surface area is 146 Å². The standard InChI is InChI=1S/C13H9ClN2O8S/c1-23-8-3-5-13(12(7-8)16(19)20)25(21,22)24-9-2-4-11(15(17)18)10(14)6-9/h2-7H,1H3. The lowest BCUT2D eigenvalue weighted by molar-refractivity contribution is -0.388. The van der Waals surface area contributed by atoms with E-state index in [4.69, 9.17) is 20.5 Å². The largest absolute Gasteiger partial charge is 0.497 e. The molecule has 0 unspecified atom stereocenters. The molecule has 2 aromatic rings. The van der Waals surface area contributed by atoms with Crippen LogP contribution in [0.2, 0.25) is 5.02 Å². The van der Waals surface area contributed by atoms with Gasteiger partial charge >= 0.3 is 10.1 Å². The van der Waals surface area contributed by atoms with E-state index in [1.54, 1.807) is 0 Å². The maximum Gasteiger partial charge on any atom is 0.346 e. The van der Waals surface area contributed by atoms with Crippen molar-refractivity contribution in [3.8, 4) is 11.5 Å². The number of hydrogen-bond acceptors (Lipinski definition) is 8. The number of nitro benzene ring substituents is 2. The maximum atomic E-state index is 12.3. The average molecular weight is 389 g/mol. The first-order valence-corrected chi connectivity index (χ1v) is 8.15. The highest BCUT2D eigenvalue weighted by molar-refractivity contribution is 7.87. The summed E-state index contributed by atoms with van der Waals surface area (Å²) in [4.78, 5) is 19.4. The fourth-order valence-electron chi connectivity index (χ4n) is 1.84. The molecule has 0 bridgehead atoms. The Balaban J connectivity index is 2.45. The van der Waals surface area contributed by atoms with Crippen LogP contribution < -0.4 is 8.92 Å². The zero-order valence-electron chi connectivity index (χ0n) is 12.4. The Morgan fingerprint density at radius 1 is 0.960 bits per heavy atom. The van der Waals surface area contributed by atoms with Crippen LogP contribution in [0.3, 0.4) is 0 Å². The molecule has 0 saturated carbocycles. The first-order valence-electron chi connectivity index (χ1n) is 6.36. The molecule has 10 nitrogen and oxygen atoms in total. The SMILES string of the molecule is COc1ccc(S(=O)(=O)Oc2ccc([N+](=O)[O-])c(Cl)c2)c([N+](=O)[O-])c1. The van der Waals surface area contributed by atoms with E-state index in [0.717, 1.165) is 30.3 Å². The first kappa shape index (κ1) is 18.4. The highest BCUT2D eigenvalue weighted by Crippen LogP contribution is 2.33. The number of nitrogens with zero attached hydrogens (tertiary/aromatic N) is 2. The van der Waals surface area contributed by atoms with Crippen molar-refractivity contribution in [1.29, 1.82) is 0 Å². The topological polar surface area (TPSA) is 139 Å². The number of hydrogen-bond donors (Lipinski definition) is 0. The molecular weight excluding hydrogens is 380 g/mol. The predicted molar refractivity (Wildman–Crippen MR) is 85.6 cm³/mol. The van der Waals surface area contributed by atoms with Gasteiger partial charge in [0, 0.05) is 12.1 Å². The number of rotatable bonds is 6. The average Bonchev–Trinajstić information content (AvgIpc) is 2.53. The molecular formula is C13H9ClN2O8S. The van der Waals surface area contributed by atoms with Crippen LogP contribution in [-0.2, 0) is 10.1 Å². The van der Waals surface area contributed by atoms with Gasteiger partial charge in [0.1, 0.15) is 16.5 Å². The highest BCUT2D eigenvalue weighted by Gasteiger charge is 2.29. The molecule has 0 saturated heterocycles. The number of nitro groups is 2. The molecule has 0 aliphatic heterocycles. The summed E-state index contributed by atoms with van der Waals surface area (Å²) in [5.74, 6) is -0.246. The van der Waals surface area contributed by atoms with Crippen molar-refractivity contribution in [2.45, 2.75) is 4.90 Å². The van der Waals surface area contributed by atoms with Crippen LogP contribution >= 0.6 is 11.6 Å². The van der Waals surface area contributed by atoms with Crippen molar-refractivity contribution in [3.05, 3.63) is 61.6 Å². The third-order valence-electron chi connectivity index (χ3n) is 2.95. The molecule has 0 N–H and O–H groups in total. The van der Waals surface area contributed by atoms with Gasteiger partial charge in [-0.15, -0.1) is 0 Å². The molecule has 0 radical (unpaired) electrons. The summed E-state index contributed by atoms with van der Waals surface area (Å²) >= 11 is 5.68. The van der Waals surface area contributed by atoms with Crippen LogP contribution in [0.1, 0.15) is 0 Å². The maximum absolute atomic E-state index is 12.3. The second kappa shape index (κ2) is 6.91. The van der Waals surface area contributed by atoms with E-state index >= 15 is 0 Å². The van der Waals surface area contributed by atoms with Crippen LogP contribution in [0.15, 0.2) is 41.3 Å². The Bertz CT molecular complexity index is 960. The van der Waals surface area contributed by atoms with Crippen LogP contribution in [0.4, 0.5) is 11.4 Å². The molecule has 0 atom stereocenters. The lowest BCUT2D eigenvalue weighted by Gasteiger charge is -2.09. The van der Waals surface area contributed by atoms with E-state index in [0.29, 0.717) is 0 Å². The molecule has 0 fully saturated rings. The van der Waals surface area contributed by atoms with Crippen molar-refractivity contribution < 1.29 is 27.2 Å². The van der Waals surface area contributed by atoms with Crippen LogP contribution in [0.25, 0.3) is 0 Å². The molecule has 12 heteroatoms. The fraction of sp³-hybridized carbons (Fsp3) is 0.0769. The second-order valence-electron chi connectivity index (χ2n) is 4.50. The van der Waals surface area contributed by atoms with Crippen LogP contribution in [0.5, 0.6) is 11.5 Å². The van der Waals surface area contributed by atoms with Gasteiger partial charge in [0.2, 0.25) is 0 Å². The predicted octanol–water partition coefficient (Wildman–Crippen LogP) is 2.93. The molecule has 0 aliphatic rings. The highest BCUT2D eigenvalue weighted by atomic mass is 35.5. The Kier molecular flexibility index (Phi) is 5.09. The molecule has 0 aliphatic carbocycles. The van der Waals surface area contributed by atoms with Gasteiger partial charge in [0.15, 0.2) is 4.90 Å². The minimum absolute atomic E-state index is 0.0871. The lowest BCUT2D eigenvalue weighted by atomic mass is 10.3. The van der Waals surface area contributed by atoms with Crippen LogP contribution in [0, 0.1) is 20.2 Å². The summed E-state index contributed by atoms with van der Waals surface area (Å²) in [7, 11) is -3.32. The van der Waals surface area contributed by atoms with Gasteiger partial charge in [-0.1, -0.05) is 11.6 Å². The molecule has 0 amide bonds. The third kappa shape index (κ3) is 3.95. The number of methoxy groups -OCH3 is 1. The Morgan fingerprint density at radius 3 is 2.08 bits per heavy atom. The van der Waals surface area contributed by atoms with E-state index in [1.165, 1.54) is 13.2 Å². The van der Waals surface area contributed by atoms with Gasteiger partial charge in [-0.3, -0.25) is 20.2 Å². The van der Waals surface area contributed by atoms with Crippen molar-refractivity contribution >= 4 is 33.1 Å². The van der Waals surface area contributed by atoms with Gasteiger partial charge < -0.3 is 8.92 Å². The molecule has 0 heterocycles. The monoisotopic (exact) mass is 388 g/mol. The van der Waals surface area contributed by atoms with Crippen molar-refractivity contribution in [2.24, 2.45) is 0 Å². The fourth-order valence-corrected chi connectivity index (χ4v) is 3.15. The smallest absolute Gasteiger partial charge is 0.346 e. The molecule has 2 rings (SSSR count). The van der Waals surface area contributed by atoms with E-state index < -0.39 is 36.2 Å². The quantitative estimate of drug-likeness (QED) is 0.418. The van der Waals surface area contributed by atoms with Crippen molar-refractivity contribution in [3.63, 3.8) is 0 Å². The summed E-state index contributed by atoms with van der Waals surface area (Å²) in [6, 6.07) is 5.99. The first-order chi connectivity index (χ1) is 11.7. The van der Waals surface area contributed by atoms with Gasteiger partial charge in [-0.2, -0.15) is 8.42 Å². The van der Waals surface area contributed by atoms with Gasteiger partial charge in [0.25, 0.3) is 11.4 Å². The summed E-state index contributed by atoms with van der Waals surface area (Å²) in [5.41, 5.74) is -1.19. The molecule has 2 aromatic carbocycles. The molecule has 0 aromatic heterocycles. The van der Waals surface area contributed by atoms with Crippen LogP contribution in [-0.4, -0.2) is 25.4 Å². The lowest BCUT2D eigenvalue weighted by Crippen LogP contribution is -2.12. The molecule has 132 valence electrons. The van der Waals surface area contributed by atoms with Gasteiger partial charge in [-0.05, 0) is 18.2 Å². The Morgan fingerprint density at radius 2 is 1.56 bits per heavy atom. The van der Waals surface area contributed by atoms with E-state index in [9.17, 15) is 28.6 Å². The summed E-state index contributed by atoms with van der Waals surface area (Å²) in [6.45, 7) is 0. The van der Waals surface area contributed by atoms with Gasteiger partial charge in [0.05, 0.1) is 23.0 Å². The molecule has 25 heavy (non-hydrogen) atoms. The van der Waals surface area contributed by atoms with E-state index in [2.05, 4.69) is 0 Å². The number of halogens is 1. The normalized spacial score (nSPS) is 11.0. The number of benzene rings is 2. The minimum atomic E-state index is -4.59. The van der Waals surface area contributed by atoms with E-state index in [-0.39, 0.29) is 16.5 Å². The Hall–Kier alpha value is -2.92. The number of ether oxygens (including phenoxy) is 1. The zero-order valence-corrected chi connectivity index (χ0v) is 14.0. The van der Waals surface area contributed by atoms with Crippen molar-refractivity contribution in [2.75, 3.05) is 7.11 Å². The summed E-state index contributed by atoms with van der Waals surface area (Å²) in [6.07, 6.45) is 0. The third-order valence-corrected chi connectivity index (χ3v) is 4.55.